The molecule has 0 saturated carbocycles. The smallest absolute Gasteiger partial charge is 0.341 e. The molecule has 0 bridgehead atoms. The predicted octanol–water partition coefficient (Wildman–Crippen LogP) is -0.617. The van der Waals surface area contributed by atoms with Crippen LogP contribution >= 0.6 is 0 Å². The number of fused-ring (bicyclic) bond motifs is 1. The van der Waals surface area contributed by atoms with Gasteiger partial charge in [-0.25, -0.2) is 14.6 Å². The number of aromatic amines is 1. The highest BCUT2D eigenvalue weighted by Crippen LogP contribution is 2.21. The number of carboxylic acids is 1. The number of carbonyl (C=O) groups excluding carboxylic acids is 2. The van der Waals surface area contributed by atoms with Crippen molar-refractivity contribution in [2.24, 2.45) is 11.5 Å². The molecule has 0 unspecified atom stereocenters. The summed E-state index contributed by atoms with van der Waals surface area (Å²) in [5.74, 6) is -1.14. The minimum absolute atomic E-state index is 0.118. The number of hydrogen-bond donors (Lipinski definition) is 5. The van der Waals surface area contributed by atoms with Crippen molar-refractivity contribution in [3.8, 4) is 17.1 Å². The third-order valence-corrected chi connectivity index (χ3v) is 4.89. The summed E-state index contributed by atoms with van der Waals surface area (Å²) in [6.07, 6.45) is 1.41. The molecule has 2 aromatic heterocycles. The van der Waals surface area contributed by atoms with Crippen molar-refractivity contribution < 1.29 is 24.2 Å². The van der Waals surface area contributed by atoms with Crippen molar-refractivity contribution in [2.45, 2.75) is 39.8 Å². The molecule has 0 aliphatic heterocycles. The molecule has 0 aliphatic rings. The Balaban J connectivity index is 0.000000458. The summed E-state index contributed by atoms with van der Waals surface area (Å²) in [4.78, 5) is 63.8. The van der Waals surface area contributed by atoms with E-state index in [0.29, 0.717) is 47.8 Å². The van der Waals surface area contributed by atoms with Crippen molar-refractivity contribution in [3.05, 3.63) is 45.1 Å². The Morgan fingerprint density at radius 1 is 1.08 bits per heavy atom. The van der Waals surface area contributed by atoms with Crippen LogP contribution < -0.4 is 32.8 Å². The average Bonchev–Trinajstić information content (AvgIpc) is 3.32. The number of benzene rings is 1. The van der Waals surface area contributed by atoms with Crippen LogP contribution in [0.2, 0.25) is 0 Å². The highest BCUT2D eigenvalue weighted by atomic mass is 16.5. The molecular formula is C23H31N7O7. The van der Waals surface area contributed by atoms with Gasteiger partial charge in [0, 0.05) is 18.7 Å². The number of aryl methyl sites for hydroxylation is 1. The fourth-order valence-corrected chi connectivity index (χ4v) is 3.26. The number of nitrogens with two attached hydrogens (primary N) is 2. The van der Waals surface area contributed by atoms with Gasteiger partial charge in [0.25, 0.3) is 5.56 Å². The van der Waals surface area contributed by atoms with Crippen LogP contribution in [0.4, 0.5) is 0 Å². The minimum Gasteiger partial charge on any atom is -0.482 e. The number of nitrogens with zero attached hydrogens (tertiary/aromatic N) is 3. The Morgan fingerprint density at radius 2 is 1.70 bits per heavy atom. The molecule has 2 heterocycles. The van der Waals surface area contributed by atoms with Crippen LogP contribution in [0.25, 0.3) is 22.6 Å². The lowest BCUT2D eigenvalue weighted by Crippen LogP contribution is -2.40. The van der Waals surface area contributed by atoms with Gasteiger partial charge < -0.3 is 31.6 Å². The lowest BCUT2D eigenvalue weighted by Gasteiger charge is -2.09. The first kappa shape index (κ1) is 28.8. The molecule has 3 aromatic rings. The number of ether oxygens (including phenoxy) is 1. The van der Waals surface area contributed by atoms with E-state index in [1.54, 1.807) is 24.3 Å². The number of imidazole rings is 1. The second-order valence-corrected chi connectivity index (χ2v) is 7.83. The standard InChI is InChI=1S/C19H22N4O5.C4H9N3O2/c1-3-9-22-17-15(18(26)23(10-4-2)19(22)27)20-16(21-17)12-5-7-13(8-6-12)28-11-14(24)25;5-1-4(9)7-2-3(6)8/h5-8H,3-4,9-11H2,1-2H3,(H,20,21)(H,24,25);1-2,5H2,(H2,6,8)(H,7,9). The molecular weight excluding hydrogens is 486 g/mol. The fraction of sp³-hybridized carbons (Fsp3) is 0.391. The number of rotatable bonds is 11. The number of nitrogens with one attached hydrogen (secondary N) is 2. The summed E-state index contributed by atoms with van der Waals surface area (Å²) in [6.45, 7) is 3.99. The Hall–Kier alpha value is -4.46. The molecule has 2 amide bonds. The van der Waals surface area contributed by atoms with Gasteiger partial charge in [0.05, 0.1) is 13.1 Å². The number of hydrogen-bond acceptors (Lipinski definition) is 8. The van der Waals surface area contributed by atoms with E-state index in [4.69, 9.17) is 21.3 Å². The summed E-state index contributed by atoms with van der Waals surface area (Å²) in [5, 5.41) is 10.9. The maximum absolute atomic E-state index is 12.7. The lowest BCUT2D eigenvalue weighted by molar-refractivity contribution is -0.139. The van der Waals surface area contributed by atoms with Gasteiger partial charge in [-0.15, -0.1) is 0 Å². The Morgan fingerprint density at radius 3 is 2.24 bits per heavy atom. The first-order valence-electron chi connectivity index (χ1n) is 11.6. The number of amides is 2. The molecule has 37 heavy (non-hydrogen) atoms. The fourth-order valence-electron chi connectivity index (χ4n) is 3.26. The van der Waals surface area contributed by atoms with E-state index in [9.17, 15) is 24.0 Å². The third kappa shape index (κ3) is 7.76. The number of carbonyl (C=O) groups is 3. The maximum atomic E-state index is 12.7. The van der Waals surface area contributed by atoms with E-state index in [1.807, 2.05) is 13.8 Å². The zero-order valence-electron chi connectivity index (χ0n) is 20.7. The van der Waals surface area contributed by atoms with E-state index in [0.717, 1.165) is 6.42 Å². The zero-order chi connectivity index (χ0) is 27.5. The molecule has 1 aromatic carbocycles. The first-order valence-corrected chi connectivity index (χ1v) is 11.6. The van der Waals surface area contributed by atoms with Crippen molar-refractivity contribution in [1.82, 2.24) is 24.4 Å². The molecule has 0 aliphatic carbocycles. The Labute approximate surface area is 211 Å². The van der Waals surface area contributed by atoms with Gasteiger partial charge in [-0.3, -0.25) is 23.5 Å². The summed E-state index contributed by atoms with van der Waals surface area (Å²) >= 11 is 0. The minimum atomic E-state index is -1.06. The second-order valence-electron chi connectivity index (χ2n) is 7.83. The molecule has 0 atom stereocenters. The van der Waals surface area contributed by atoms with Crippen LogP contribution in [0.1, 0.15) is 26.7 Å². The van der Waals surface area contributed by atoms with Gasteiger partial charge in [0.2, 0.25) is 11.8 Å². The van der Waals surface area contributed by atoms with Gasteiger partial charge in [-0.05, 0) is 37.1 Å². The number of H-pyrrole nitrogens is 1. The molecule has 0 radical (unpaired) electrons. The normalized spacial score (nSPS) is 10.5. The monoisotopic (exact) mass is 517 g/mol. The maximum Gasteiger partial charge on any atom is 0.341 e. The topological polar surface area (TPSA) is 217 Å². The average molecular weight is 518 g/mol. The van der Waals surface area contributed by atoms with Gasteiger partial charge in [0.1, 0.15) is 17.1 Å². The van der Waals surface area contributed by atoms with Crippen molar-refractivity contribution >= 4 is 28.9 Å². The number of aromatic nitrogens is 4. The highest BCUT2D eigenvalue weighted by molar-refractivity contribution is 5.84. The van der Waals surface area contributed by atoms with Crippen LogP contribution in [0, 0.1) is 0 Å². The molecule has 0 saturated heterocycles. The number of primary amides is 1. The number of carboxylic acid groups (broad SMARTS) is 1. The lowest BCUT2D eigenvalue weighted by atomic mass is 10.2. The van der Waals surface area contributed by atoms with E-state index in [-0.39, 0.29) is 30.2 Å². The van der Waals surface area contributed by atoms with Gasteiger partial charge >= 0.3 is 11.7 Å². The Kier molecular flexibility index (Phi) is 10.6. The van der Waals surface area contributed by atoms with Gasteiger partial charge in [-0.2, -0.15) is 0 Å². The van der Waals surface area contributed by atoms with E-state index >= 15 is 0 Å². The first-order chi connectivity index (χ1) is 17.6. The van der Waals surface area contributed by atoms with Crippen molar-refractivity contribution in [1.29, 1.82) is 0 Å². The van der Waals surface area contributed by atoms with Crippen LogP contribution in [-0.2, 0) is 27.5 Å². The summed E-state index contributed by atoms with van der Waals surface area (Å²) in [7, 11) is 0. The Bertz CT molecular complexity index is 1360. The molecule has 200 valence electrons. The van der Waals surface area contributed by atoms with E-state index < -0.39 is 18.5 Å². The molecule has 3 rings (SSSR count). The van der Waals surface area contributed by atoms with E-state index in [2.05, 4.69) is 15.3 Å². The van der Waals surface area contributed by atoms with Crippen molar-refractivity contribution in [3.63, 3.8) is 0 Å². The molecule has 14 heteroatoms. The van der Waals surface area contributed by atoms with Crippen LogP contribution in [0.3, 0.4) is 0 Å². The highest BCUT2D eigenvalue weighted by Gasteiger charge is 2.17. The molecule has 0 spiro atoms. The van der Waals surface area contributed by atoms with Crippen LogP contribution in [0.15, 0.2) is 33.9 Å². The molecule has 0 fully saturated rings. The quantitative estimate of drug-likeness (QED) is 0.219. The third-order valence-electron chi connectivity index (χ3n) is 4.89. The SMILES string of the molecule is CCCn1c(=O)c2[nH]c(-c3ccc(OCC(=O)O)cc3)nc2n(CCC)c1=O.NCC(=O)NCC(N)=O. The predicted molar refractivity (Wildman–Crippen MR) is 135 cm³/mol. The summed E-state index contributed by atoms with van der Waals surface area (Å²) in [5.41, 5.74) is 10.2. The van der Waals surface area contributed by atoms with E-state index in [1.165, 1.54) is 9.13 Å². The largest absolute Gasteiger partial charge is 0.482 e. The molecule has 14 nitrogen and oxygen atoms in total. The second kappa shape index (κ2) is 13.6. The molecule has 7 N–H and O–H groups in total. The van der Waals surface area contributed by atoms with Crippen molar-refractivity contribution in [2.75, 3.05) is 19.7 Å². The van der Waals surface area contributed by atoms with Crippen LogP contribution in [0.5, 0.6) is 5.75 Å². The zero-order valence-corrected chi connectivity index (χ0v) is 20.7. The summed E-state index contributed by atoms with van der Waals surface area (Å²) < 4.78 is 7.88. The summed E-state index contributed by atoms with van der Waals surface area (Å²) in [6, 6.07) is 6.67. The van der Waals surface area contributed by atoms with Crippen LogP contribution in [-0.4, -0.2) is 61.7 Å². The van der Waals surface area contributed by atoms with Gasteiger partial charge in [0.15, 0.2) is 12.3 Å². The van der Waals surface area contributed by atoms with Gasteiger partial charge in [-0.1, -0.05) is 13.8 Å². The number of aliphatic carboxylic acids is 1.